The summed E-state index contributed by atoms with van der Waals surface area (Å²) in [7, 11) is -3.69. The summed E-state index contributed by atoms with van der Waals surface area (Å²) in [6, 6.07) is 10.3. The molecule has 24 heavy (non-hydrogen) atoms. The molecule has 0 aliphatic rings. The Kier molecular flexibility index (Phi) is 5.84. The third kappa shape index (κ3) is 5.54. The van der Waals surface area contributed by atoms with E-state index < -0.39 is 28.5 Å². The molecule has 0 aliphatic heterocycles. The zero-order chi connectivity index (χ0) is 17.7. The summed E-state index contributed by atoms with van der Waals surface area (Å²) < 4.78 is 68.4. The van der Waals surface area contributed by atoms with Crippen LogP contribution in [-0.2, 0) is 15.8 Å². The van der Waals surface area contributed by atoms with E-state index in [9.17, 15) is 21.6 Å². The maximum absolute atomic E-state index is 12.8. The van der Waals surface area contributed by atoms with Crippen LogP contribution in [0.5, 0.6) is 5.75 Å². The maximum atomic E-state index is 12.8. The lowest BCUT2D eigenvalue weighted by atomic mass is 10.1. The quantitative estimate of drug-likeness (QED) is 0.822. The molecule has 2 rings (SSSR count). The largest absolute Gasteiger partial charge is 0.435 e. The van der Waals surface area contributed by atoms with Gasteiger partial charge in [-0.2, -0.15) is 8.78 Å². The molecular weight excluding hydrogens is 343 g/mol. The molecule has 130 valence electrons. The molecule has 0 amide bonds. The van der Waals surface area contributed by atoms with Gasteiger partial charge in [-0.25, -0.2) is 17.5 Å². The summed E-state index contributed by atoms with van der Waals surface area (Å²) in [6.45, 7) is -1.37. The molecule has 0 saturated carbocycles. The summed E-state index contributed by atoms with van der Waals surface area (Å²) in [5.41, 5.74) is 0.918. The highest BCUT2D eigenvalue weighted by Gasteiger charge is 2.17. The van der Waals surface area contributed by atoms with Crippen molar-refractivity contribution >= 4 is 10.0 Å². The molecule has 0 fully saturated rings. The van der Waals surface area contributed by atoms with Gasteiger partial charge in [0.05, 0.1) is 5.75 Å². The molecule has 0 aliphatic carbocycles. The van der Waals surface area contributed by atoms with Gasteiger partial charge in [0.15, 0.2) is 0 Å². The van der Waals surface area contributed by atoms with Crippen LogP contribution in [-0.4, -0.2) is 15.0 Å². The highest BCUT2D eigenvalue weighted by atomic mass is 32.2. The van der Waals surface area contributed by atoms with Crippen LogP contribution in [0, 0.1) is 5.82 Å². The molecule has 0 saturated heterocycles. The number of alkyl halides is 2. The van der Waals surface area contributed by atoms with Crippen molar-refractivity contribution in [1.82, 2.24) is 4.72 Å². The third-order valence-electron chi connectivity index (χ3n) is 3.21. The van der Waals surface area contributed by atoms with Crippen molar-refractivity contribution in [3.05, 3.63) is 65.5 Å². The number of nitrogens with one attached hydrogen (secondary N) is 1. The van der Waals surface area contributed by atoms with E-state index in [1.807, 2.05) is 0 Å². The van der Waals surface area contributed by atoms with Gasteiger partial charge in [-0.1, -0.05) is 24.3 Å². The summed E-state index contributed by atoms with van der Waals surface area (Å²) in [5.74, 6) is -0.814. The molecule has 2 aromatic rings. The van der Waals surface area contributed by atoms with E-state index in [-0.39, 0.29) is 11.5 Å². The minimum Gasteiger partial charge on any atom is -0.435 e. The van der Waals surface area contributed by atoms with Gasteiger partial charge in [-0.15, -0.1) is 0 Å². The summed E-state index contributed by atoms with van der Waals surface area (Å²) >= 11 is 0. The minimum atomic E-state index is -3.69. The Morgan fingerprint density at radius 3 is 2.42 bits per heavy atom. The molecule has 0 spiro atoms. The molecule has 0 radical (unpaired) electrons. The number of benzene rings is 2. The van der Waals surface area contributed by atoms with Crippen molar-refractivity contribution in [2.24, 2.45) is 0 Å². The topological polar surface area (TPSA) is 55.4 Å². The minimum absolute atomic E-state index is 0.0490. The van der Waals surface area contributed by atoms with E-state index in [1.54, 1.807) is 13.0 Å². The Morgan fingerprint density at radius 2 is 1.79 bits per heavy atom. The van der Waals surface area contributed by atoms with Gasteiger partial charge in [-0.05, 0) is 42.3 Å². The zero-order valence-electron chi connectivity index (χ0n) is 12.7. The summed E-state index contributed by atoms with van der Waals surface area (Å²) in [6.07, 6.45) is 0. The highest BCUT2D eigenvalue weighted by molar-refractivity contribution is 7.88. The SMILES string of the molecule is C[C@@H](NS(=O)(=O)Cc1ccc(F)cc1)c1cccc(OC(F)F)c1. The van der Waals surface area contributed by atoms with Gasteiger partial charge in [0, 0.05) is 6.04 Å². The second-order valence-electron chi connectivity index (χ2n) is 5.18. The standard InChI is InChI=1S/C16H16F3NO3S/c1-11(13-3-2-4-15(9-13)23-16(18)19)20-24(21,22)10-12-5-7-14(17)8-6-12/h2-9,11,16,20H,10H2,1H3/t11-/m1/s1. The second-order valence-corrected chi connectivity index (χ2v) is 6.93. The first-order valence-corrected chi connectivity index (χ1v) is 8.69. The Hall–Kier alpha value is -2.06. The zero-order valence-corrected chi connectivity index (χ0v) is 13.6. The second kappa shape index (κ2) is 7.67. The van der Waals surface area contributed by atoms with Gasteiger partial charge in [0.2, 0.25) is 10.0 Å². The van der Waals surface area contributed by atoms with Crippen molar-refractivity contribution in [3.8, 4) is 5.75 Å². The number of halogens is 3. The first kappa shape index (κ1) is 18.3. The van der Waals surface area contributed by atoms with Crippen LogP contribution in [0.25, 0.3) is 0 Å². The molecule has 4 nitrogen and oxygen atoms in total. The lowest BCUT2D eigenvalue weighted by Crippen LogP contribution is -2.28. The van der Waals surface area contributed by atoms with E-state index >= 15 is 0 Å². The van der Waals surface area contributed by atoms with Crippen LogP contribution in [0.15, 0.2) is 48.5 Å². The predicted octanol–water partition coefficient (Wildman–Crippen LogP) is 3.61. The van der Waals surface area contributed by atoms with Crippen molar-refractivity contribution in [1.29, 1.82) is 0 Å². The fraction of sp³-hybridized carbons (Fsp3) is 0.250. The lowest BCUT2D eigenvalue weighted by molar-refractivity contribution is -0.0499. The van der Waals surface area contributed by atoms with E-state index in [2.05, 4.69) is 9.46 Å². The molecule has 0 heterocycles. The first-order valence-electron chi connectivity index (χ1n) is 7.04. The van der Waals surface area contributed by atoms with Gasteiger partial charge >= 0.3 is 6.61 Å². The fourth-order valence-corrected chi connectivity index (χ4v) is 3.53. The molecule has 0 aromatic heterocycles. The molecule has 1 N–H and O–H groups in total. The van der Waals surface area contributed by atoms with Crippen molar-refractivity contribution in [3.63, 3.8) is 0 Å². The Morgan fingerprint density at radius 1 is 1.12 bits per heavy atom. The Labute approximate surface area is 138 Å². The average Bonchev–Trinajstić information content (AvgIpc) is 2.48. The Bertz CT molecular complexity index is 779. The van der Waals surface area contributed by atoms with Crippen molar-refractivity contribution in [2.45, 2.75) is 25.3 Å². The summed E-state index contributed by atoms with van der Waals surface area (Å²) in [5, 5.41) is 0. The van der Waals surface area contributed by atoms with Crippen LogP contribution in [0.3, 0.4) is 0 Å². The van der Waals surface area contributed by atoms with Crippen LogP contribution >= 0.6 is 0 Å². The van der Waals surface area contributed by atoms with Gasteiger partial charge < -0.3 is 4.74 Å². The Balaban J connectivity index is 2.07. The summed E-state index contributed by atoms with van der Waals surface area (Å²) in [4.78, 5) is 0. The number of sulfonamides is 1. The predicted molar refractivity (Wildman–Crippen MR) is 83.6 cm³/mol. The normalized spacial score (nSPS) is 13.0. The van der Waals surface area contributed by atoms with Gasteiger partial charge in [-0.3, -0.25) is 0 Å². The fourth-order valence-electron chi connectivity index (χ4n) is 2.14. The number of hydrogen-bond donors (Lipinski definition) is 1. The van der Waals surface area contributed by atoms with Crippen molar-refractivity contribution in [2.75, 3.05) is 0 Å². The van der Waals surface area contributed by atoms with Gasteiger partial charge in [0.1, 0.15) is 11.6 Å². The van der Waals surface area contributed by atoms with Crippen LogP contribution in [0.4, 0.5) is 13.2 Å². The molecule has 8 heteroatoms. The first-order chi connectivity index (χ1) is 11.2. The molecule has 1 atom stereocenters. The van der Waals surface area contributed by atoms with E-state index in [1.165, 1.54) is 42.5 Å². The van der Waals surface area contributed by atoms with Crippen LogP contribution in [0.2, 0.25) is 0 Å². The molecule has 0 unspecified atom stereocenters. The highest BCUT2D eigenvalue weighted by Crippen LogP contribution is 2.21. The van der Waals surface area contributed by atoms with Crippen LogP contribution in [0.1, 0.15) is 24.1 Å². The number of ether oxygens (including phenoxy) is 1. The average molecular weight is 359 g/mol. The lowest BCUT2D eigenvalue weighted by Gasteiger charge is -2.16. The van der Waals surface area contributed by atoms with E-state index in [0.29, 0.717) is 11.1 Å². The van der Waals surface area contributed by atoms with Gasteiger partial charge in [0.25, 0.3) is 0 Å². The maximum Gasteiger partial charge on any atom is 0.387 e. The number of rotatable bonds is 7. The third-order valence-corrected chi connectivity index (χ3v) is 4.64. The monoisotopic (exact) mass is 359 g/mol. The smallest absolute Gasteiger partial charge is 0.387 e. The van der Waals surface area contributed by atoms with E-state index in [4.69, 9.17) is 0 Å². The van der Waals surface area contributed by atoms with E-state index in [0.717, 1.165) is 0 Å². The molecular formula is C16H16F3NO3S. The molecule has 2 aromatic carbocycles. The van der Waals surface area contributed by atoms with Crippen LogP contribution < -0.4 is 9.46 Å². The number of hydrogen-bond acceptors (Lipinski definition) is 3. The molecule has 0 bridgehead atoms. The van der Waals surface area contributed by atoms with Crippen molar-refractivity contribution < 1.29 is 26.3 Å².